The summed E-state index contributed by atoms with van der Waals surface area (Å²) in [6.45, 7) is 6.03. The Morgan fingerprint density at radius 1 is 1.04 bits per heavy atom. The molecule has 0 heterocycles. The second kappa shape index (κ2) is 7.93. The molecule has 2 rings (SSSR count). The number of ether oxygens (including phenoxy) is 1. The van der Waals surface area contributed by atoms with Crippen LogP contribution in [0.4, 0.5) is 5.69 Å². The van der Waals surface area contributed by atoms with Crippen molar-refractivity contribution in [3.8, 4) is 5.75 Å². The Bertz CT molecular complexity index is 692. The van der Waals surface area contributed by atoms with E-state index in [1.165, 1.54) is 0 Å². The predicted octanol–water partition coefficient (Wildman–Crippen LogP) is 4.12. The Balaban J connectivity index is 1.85. The van der Waals surface area contributed by atoms with E-state index in [0.717, 1.165) is 17.0 Å². The molecular weight excluding hydrogens is 320 g/mol. The van der Waals surface area contributed by atoms with Crippen LogP contribution in [0.5, 0.6) is 5.75 Å². The van der Waals surface area contributed by atoms with Gasteiger partial charge in [0.05, 0.1) is 0 Å². The lowest BCUT2D eigenvalue weighted by Gasteiger charge is -2.18. The summed E-state index contributed by atoms with van der Waals surface area (Å²) in [7, 11) is 0. The van der Waals surface area contributed by atoms with Gasteiger partial charge in [0.15, 0.2) is 5.11 Å². The molecule has 0 radical (unpaired) electrons. The fraction of sp³-hybridized carbons (Fsp3) is 0.263. The van der Waals surface area contributed by atoms with E-state index < -0.39 is 5.41 Å². The topological polar surface area (TPSA) is 50.4 Å². The first-order valence-electron chi connectivity index (χ1n) is 7.74. The molecule has 0 fully saturated rings. The van der Waals surface area contributed by atoms with Crippen molar-refractivity contribution >= 4 is 28.9 Å². The highest BCUT2D eigenvalue weighted by molar-refractivity contribution is 7.80. The molecule has 0 aliphatic heterocycles. The van der Waals surface area contributed by atoms with Gasteiger partial charge in [-0.05, 0) is 42.0 Å². The van der Waals surface area contributed by atoms with Crippen molar-refractivity contribution in [1.82, 2.24) is 5.32 Å². The quantitative estimate of drug-likeness (QED) is 0.821. The zero-order valence-electron chi connectivity index (χ0n) is 14.1. The van der Waals surface area contributed by atoms with Crippen LogP contribution in [-0.4, -0.2) is 11.0 Å². The molecule has 2 aromatic carbocycles. The molecular formula is C19H22N2O2S. The monoisotopic (exact) mass is 342 g/mol. The lowest BCUT2D eigenvalue weighted by Crippen LogP contribution is -2.41. The number of anilines is 1. The van der Waals surface area contributed by atoms with Gasteiger partial charge in [-0.15, -0.1) is 0 Å². The lowest BCUT2D eigenvalue weighted by atomic mass is 9.96. The summed E-state index contributed by atoms with van der Waals surface area (Å²) >= 11 is 5.15. The number of benzene rings is 2. The molecule has 0 aromatic heterocycles. The number of hydrogen-bond donors (Lipinski definition) is 2. The molecule has 2 N–H and O–H groups in total. The molecule has 0 bridgehead atoms. The van der Waals surface area contributed by atoms with Crippen LogP contribution in [0.25, 0.3) is 0 Å². The molecule has 0 aliphatic carbocycles. The Hall–Kier alpha value is -2.40. The van der Waals surface area contributed by atoms with E-state index in [2.05, 4.69) is 10.6 Å². The Kier molecular flexibility index (Phi) is 5.93. The lowest BCUT2D eigenvalue weighted by molar-refractivity contribution is -0.126. The second-order valence-electron chi connectivity index (χ2n) is 6.46. The van der Waals surface area contributed by atoms with Gasteiger partial charge in [-0.25, -0.2) is 0 Å². The standard InChI is InChI=1S/C19H22N2O2S/c1-19(2,3)17(22)21-18(24)20-15-9-11-16(12-10-15)23-13-14-7-5-4-6-8-14/h4-12H,13H2,1-3H3,(H2,20,21,22,24). The molecule has 0 spiro atoms. The van der Waals surface area contributed by atoms with E-state index in [4.69, 9.17) is 17.0 Å². The van der Waals surface area contributed by atoms with Crippen molar-refractivity contribution in [2.24, 2.45) is 5.41 Å². The number of thiocarbonyl (C=S) groups is 1. The van der Waals surface area contributed by atoms with Crippen molar-refractivity contribution in [2.75, 3.05) is 5.32 Å². The summed E-state index contributed by atoms with van der Waals surface area (Å²) in [6, 6.07) is 17.4. The third kappa shape index (κ3) is 5.66. The van der Waals surface area contributed by atoms with Crippen molar-refractivity contribution in [3.05, 3.63) is 60.2 Å². The Labute approximate surface area is 148 Å². The molecule has 0 saturated carbocycles. The average Bonchev–Trinajstić information content (AvgIpc) is 2.54. The fourth-order valence-corrected chi connectivity index (χ4v) is 2.04. The molecule has 0 unspecified atom stereocenters. The van der Waals surface area contributed by atoms with E-state index >= 15 is 0 Å². The van der Waals surface area contributed by atoms with E-state index in [1.807, 2.05) is 75.4 Å². The zero-order valence-corrected chi connectivity index (χ0v) is 14.9. The molecule has 24 heavy (non-hydrogen) atoms. The van der Waals surface area contributed by atoms with Gasteiger partial charge >= 0.3 is 0 Å². The minimum absolute atomic E-state index is 0.122. The molecule has 0 aliphatic rings. The van der Waals surface area contributed by atoms with Gasteiger partial charge in [0.1, 0.15) is 12.4 Å². The van der Waals surface area contributed by atoms with E-state index in [9.17, 15) is 4.79 Å². The van der Waals surface area contributed by atoms with Crippen molar-refractivity contribution in [1.29, 1.82) is 0 Å². The smallest absolute Gasteiger partial charge is 0.231 e. The number of carbonyl (C=O) groups excluding carboxylic acids is 1. The maximum absolute atomic E-state index is 11.9. The van der Waals surface area contributed by atoms with E-state index in [1.54, 1.807) is 0 Å². The van der Waals surface area contributed by atoms with Gasteiger partial charge in [0, 0.05) is 11.1 Å². The third-order valence-electron chi connectivity index (χ3n) is 3.27. The summed E-state index contributed by atoms with van der Waals surface area (Å²) in [5.41, 5.74) is 1.42. The molecule has 5 heteroatoms. The first-order valence-corrected chi connectivity index (χ1v) is 8.14. The van der Waals surface area contributed by atoms with Crippen molar-refractivity contribution in [3.63, 3.8) is 0 Å². The van der Waals surface area contributed by atoms with Crippen LogP contribution < -0.4 is 15.4 Å². The van der Waals surface area contributed by atoms with Crippen LogP contribution in [0.3, 0.4) is 0 Å². The number of hydrogen-bond acceptors (Lipinski definition) is 3. The summed E-state index contributed by atoms with van der Waals surface area (Å²) in [5.74, 6) is 0.650. The van der Waals surface area contributed by atoms with E-state index in [0.29, 0.717) is 6.61 Å². The highest BCUT2D eigenvalue weighted by atomic mass is 32.1. The van der Waals surface area contributed by atoms with Gasteiger partial charge < -0.3 is 15.4 Å². The largest absolute Gasteiger partial charge is 0.489 e. The van der Waals surface area contributed by atoms with Gasteiger partial charge in [-0.3, -0.25) is 4.79 Å². The molecule has 0 saturated heterocycles. The van der Waals surface area contributed by atoms with Gasteiger partial charge in [-0.2, -0.15) is 0 Å². The number of carbonyl (C=O) groups is 1. The molecule has 1 amide bonds. The van der Waals surface area contributed by atoms with Crippen LogP contribution in [0.15, 0.2) is 54.6 Å². The molecule has 4 nitrogen and oxygen atoms in total. The van der Waals surface area contributed by atoms with Crippen LogP contribution in [0.2, 0.25) is 0 Å². The SMILES string of the molecule is CC(C)(C)C(=O)NC(=S)Nc1ccc(OCc2ccccc2)cc1. The zero-order chi connectivity index (χ0) is 17.6. The third-order valence-corrected chi connectivity index (χ3v) is 3.47. The average molecular weight is 342 g/mol. The Morgan fingerprint density at radius 3 is 2.25 bits per heavy atom. The van der Waals surface area contributed by atoms with Gasteiger partial charge in [0.2, 0.25) is 5.91 Å². The minimum Gasteiger partial charge on any atom is -0.489 e. The number of rotatable bonds is 4. The number of amides is 1. The second-order valence-corrected chi connectivity index (χ2v) is 6.87. The normalized spacial score (nSPS) is 10.8. The van der Waals surface area contributed by atoms with Gasteiger partial charge in [-0.1, -0.05) is 51.1 Å². The van der Waals surface area contributed by atoms with Crippen LogP contribution in [-0.2, 0) is 11.4 Å². The Morgan fingerprint density at radius 2 is 1.67 bits per heavy atom. The molecule has 0 atom stereocenters. The van der Waals surface area contributed by atoms with Gasteiger partial charge in [0.25, 0.3) is 0 Å². The van der Waals surface area contributed by atoms with Crippen molar-refractivity contribution < 1.29 is 9.53 Å². The van der Waals surface area contributed by atoms with Crippen LogP contribution in [0.1, 0.15) is 26.3 Å². The highest BCUT2D eigenvalue weighted by Gasteiger charge is 2.21. The summed E-state index contributed by atoms with van der Waals surface area (Å²) < 4.78 is 5.73. The minimum atomic E-state index is -0.485. The summed E-state index contributed by atoms with van der Waals surface area (Å²) in [5, 5.41) is 5.95. The molecule has 2 aromatic rings. The molecule has 126 valence electrons. The van der Waals surface area contributed by atoms with E-state index in [-0.39, 0.29) is 11.0 Å². The maximum atomic E-state index is 11.9. The fourth-order valence-electron chi connectivity index (χ4n) is 1.83. The highest BCUT2D eigenvalue weighted by Crippen LogP contribution is 2.17. The first kappa shape index (κ1) is 17.9. The van der Waals surface area contributed by atoms with Crippen molar-refractivity contribution in [2.45, 2.75) is 27.4 Å². The number of nitrogens with one attached hydrogen (secondary N) is 2. The van der Waals surface area contributed by atoms with Crippen LogP contribution >= 0.6 is 12.2 Å². The maximum Gasteiger partial charge on any atom is 0.231 e. The summed E-state index contributed by atoms with van der Waals surface area (Å²) in [4.78, 5) is 11.9. The predicted molar refractivity (Wildman–Crippen MR) is 101 cm³/mol. The summed E-state index contributed by atoms with van der Waals surface area (Å²) in [6.07, 6.45) is 0. The first-order chi connectivity index (χ1) is 11.3. The van der Waals surface area contributed by atoms with Crippen LogP contribution in [0, 0.1) is 5.41 Å².